The van der Waals surface area contributed by atoms with Crippen LogP contribution < -0.4 is 11.1 Å². The predicted molar refractivity (Wildman–Crippen MR) is 66.7 cm³/mol. The van der Waals surface area contributed by atoms with Crippen LogP contribution in [0.25, 0.3) is 0 Å². The Morgan fingerprint density at radius 1 is 1.21 bits per heavy atom. The van der Waals surface area contributed by atoms with Crippen LogP contribution in [0.5, 0.6) is 0 Å². The van der Waals surface area contributed by atoms with Crippen LogP contribution in [0, 0.1) is 9.02 Å². The zero-order valence-electron chi connectivity index (χ0n) is 8.81. The molecule has 0 aliphatic heterocycles. The van der Waals surface area contributed by atoms with Crippen LogP contribution in [-0.2, 0) is 5.41 Å². The summed E-state index contributed by atoms with van der Waals surface area (Å²) in [7, 11) is 0. The molecule has 0 spiro atoms. The summed E-state index contributed by atoms with van der Waals surface area (Å²) in [6, 6.07) is 0. The molecule has 2 nitrogen and oxygen atoms in total. The van der Waals surface area contributed by atoms with Crippen molar-refractivity contribution in [3.8, 4) is 0 Å². The highest BCUT2D eigenvalue weighted by Crippen LogP contribution is 2.36. The second-order valence-electron chi connectivity index (χ2n) is 4.37. The highest BCUT2D eigenvalue weighted by molar-refractivity contribution is 7.74. The van der Waals surface area contributed by atoms with E-state index in [1.54, 1.807) is 0 Å². The molecule has 14 heavy (non-hydrogen) atoms. The van der Waals surface area contributed by atoms with E-state index in [1.807, 2.05) is 0 Å². The van der Waals surface area contributed by atoms with Gasteiger partial charge in [0.15, 0.2) is 0 Å². The minimum Gasteiger partial charge on any atom is -0.382 e. The molecule has 3 N–H and O–H groups in total. The van der Waals surface area contributed by atoms with Gasteiger partial charge < -0.3 is 11.1 Å². The van der Waals surface area contributed by atoms with Crippen molar-refractivity contribution in [1.82, 2.24) is 0 Å². The lowest BCUT2D eigenvalue weighted by atomic mass is 9.83. The summed E-state index contributed by atoms with van der Waals surface area (Å²) >= 11 is 10.4. The van der Waals surface area contributed by atoms with E-state index in [0.717, 1.165) is 21.3 Å². The summed E-state index contributed by atoms with van der Waals surface area (Å²) in [5.41, 5.74) is 7.70. The number of nitrogens with two attached hydrogens (primary N) is 1. The Kier molecular flexibility index (Phi) is 3.40. The number of rotatable bonds is 3. The minimum atomic E-state index is 0.0658. The molecule has 0 aliphatic rings. The largest absolute Gasteiger partial charge is 0.382 e. The molecule has 0 radical (unpaired) electrons. The molecule has 0 saturated heterocycles. The Morgan fingerprint density at radius 2 is 1.79 bits per heavy atom. The normalized spacial score (nSPS) is 12.0. The lowest BCUT2D eigenvalue weighted by Gasteiger charge is -2.26. The van der Waals surface area contributed by atoms with Gasteiger partial charge >= 0.3 is 0 Å². The lowest BCUT2D eigenvalue weighted by molar-refractivity contribution is 0.585. The van der Waals surface area contributed by atoms with E-state index in [2.05, 4.69) is 26.1 Å². The number of anilines is 1. The molecule has 0 aliphatic carbocycles. The molecule has 0 saturated carbocycles. The highest BCUT2D eigenvalue weighted by Gasteiger charge is 2.25. The number of hydrogen-bond donors (Lipinski definition) is 2. The number of hydrogen-bond acceptors (Lipinski definition) is 4. The van der Waals surface area contributed by atoms with Gasteiger partial charge in [-0.2, -0.15) is 0 Å². The van der Waals surface area contributed by atoms with Gasteiger partial charge in [-0.3, -0.25) is 0 Å². The van der Waals surface area contributed by atoms with Gasteiger partial charge in [0.05, 0.1) is 14.7 Å². The molecule has 78 valence electrons. The Bertz CT molecular complexity index is 395. The van der Waals surface area contributed by atoms with Crippen molar-refractivity contribution >= 4 is 30.1 Å². The van der Waals surface area contributed by atoms with Gasteiger partial charge in [-0.15, -0.1) is 0 Å². The molecule has 0 unspecified atom stereocenters. The van der Waals surface area contributed by atoms with E-state index >= 15 is 0 Å². The van der Waals surface area contributed by atoms with Crippen LogP contribution in [-0.4, -0.2) is 13.1 Å². The minimum absolute atomic E-state index is 0.0658. The topological polar surface area (TPSA) is 38.0 Å². The van der Waals surface area contributed by atoms with E-state index in [9.17, 15) is 0 Å². The summed E-state index contributed by atoms with van der Waals surface area (Å²) in [5, 5.41) is 3.23. The van der Waals surface area contributed by atoms with Crippen LogP contribution in [0.15, 0.2) is 0 Å². The van der Waals surface area contributed by atoms with Crippen molar-refractivity contribution in [2.24, 2.45) is 5.73 Å². The van der Waals surface area contributed by atoms with Crippen molar-refractivity contribution in [1.29, 1.82) is 0 Å². The molecular formula is C10H16N2S2. The molecule has 0 heterocycles. The lowest BCUT2D eigenvalue weighted by Crippen LogP contribution is -2.22. The van der Waals surface area contributed by atoms with Crippen molar-refractivity contribution in [3.63, 3.8) is 0 Å². The molecule has 1 aromatic rings. The van der Waals surface area contributed by atoms with Crippen molar-refractivity contribution in [3.05, 3.63) is 14.6 Å². The third-order valence-electron chi connectivity index (χ3n) is 2.11. The van der Waals surface area contributed by atoms with E-state index < -0.39 is 0 Å². The fourth-order valence-corrected chi connectivity index (χ4v) is 2.26. The number of nitrogens with one attached hydrogen (secondary N) is 1. The van der Waals surface area contributed by atoms with Crippen LogP contribution in [0.4, 0.5) is 5.69 Å². The van der Waals surface area contributed by atoms with Gasteiger partial charge in [-0.1, -0.05) is 45.2 Å². The predicted octanol–water partition coefficient (Wildman–Crippen LogP) is 2.69. The highest BCUT2D eigenvalue weighted by atomic mass is 32.1. The van der Waals surface area contributed by atoms with Gasteiger partial charge in [0.1, 0.15) is 0 Å². The molecule has 0 amide bonds. The molecule has 0 atom stereocenters. The summed E-state index contributed by atoms with van der Waals surface area (Å²) in [4.78, 5) is 0. The zero-order chi connectivity index (χ0) is 10.9. The molecule has 0 aromatic heterocycles. The van der Waals surface area contributed by atoms with Crippen LogP contribution in [0.3, 0.4) is 0 Å². The fraction of sp³-hybridized carbons (Fsp3) is 0.600. The third-order valence-corrected chi connectivity index (χ3v) is 3.05. The average molecular weight is 228 g/mol. The van der Waals surface area contributed by atoms with Crippen LogP contribution >= 0.6 is 24.4 Å². The van der Waals surface area contributed by atoms with Crippen LogP contribution in [0.2, 0.25) is 0 Å². The zero-order valence-corrected chi connectivity index (χ0v) is 10.4. The van der Waals surface area contributed by atoms with Gasteiger partial charge in [-0.05, 0) is 5.41 Å². The second kappa shape index (κ2) is 4.04. The Balaban J connectivity index is 3.02. The van der Waals surface area contributed by atoms with E-state index in [0.29, 0.717) is 6.54 Å². The third kappa shape index (κ3) is 2.02. The quantitative estimate of drug-likeness (QED) is 0.780. The molecule has 0 bridgehead atoms. The van der Waals surface area contributed by atoms with Crippen molar-refractivity contribution in [2.45, 2.75) is 26.2 Å². The summed E-state index contributed by atoms with van der Waals surface area (Å²) in [5.74, 6) is 0. The van der Waals surface area contributed by atoms with E-state index in [-0.39, 0.29) is 5.41 Å². The molecule has 1 aromatic carbocycles. The molecule has 0 fully saturated rings. The first-order valence-electron chi connectivity index (χ1n) is 4.67. The standard InChI is InChI=1S/C10H16N2S2/c1-10(2,3)6-7(12-5-4-11)9(14)8(6)13/h12H,4-5,11H2,1-3H3. The molecule has 1 rings (SSSR count). The smallest absolute Gasteiger partial charge is 0.0796 e. The maximum atomic E-state index is 5.43. The Morgan fingerprint density at radius 3 is 2.21 bits per heavy atom. The van der Waals surface area contributed by atoms with E-state index in [4.69, 9.17) is 30.2 Å². The molecule has 4 heteroatoms. The van der Waals surface area contributed by atoms with Gasteiger partial charge in [0, 0.05) is 18.7 Å². The monoisotopic (exact) mass is 228 g/mol. The first kappa shape index (κ1) is 11.8. The summed E-state index contributed by atoms with van der Waals surface area (Å²) in [6.45, 7) is 7.77. The fourth-order valence-electron chi connectivity index (χ4n) is 1.47. The van der Waals surface area contributed by atoms with Gasteiger partial charge in [0.25, 0.3) is 0 Å². The maximum absolute atomic E-state index is 5.43. The first-order chi connectivity index (χ1) is 6.39. The molecular weight excluding hydrogens is 212 g/mol. The van der Waals surface area contributed by atoms with Crippen molar-refractivity contribution in [2.75, 3.05) is 18.4 Å². The summed E-state index contributed by atoms with van der Waals surface area (Å²) in [6.07, 6.45) is 0. The Labute approximate surface area is 95.2 Å². The Hall–Kier alpha value is -0.320. The first-order valence-corrected chi connectivity index (χ1v) is 5.49. The van der Waals surface area contributed by atoms with E-state index in [1.165, 1.54) is 5.56 Å². The second-order valence-corrected chi connectivity index (χ2v) is 5.19. The van der Waals surface area contributed by atoms with Crippen LogP contribution in [0.1, 0.15) is 26.3 Å². The summed E-state index contributed by atoms with van der Waals surface area (Å²) < 4.78 is 1.63. The van der Waals surface area contributed by atoms with Gasteiger partial charge in [0.2, 0.25) is 0 Å². The van der Waals surface area contributed by atoms with Crippen molar-refractivity contribution < 1.29 is 0 Å². The average Bonchev–Trinajstić information content (AvgIpc) is 2.08. The SMILES string of the molecule is CC(C)(C)c1c(NCCN)c(=S)c1=S. The maximum Gasteiger partial charge on any atom is 0.0796 e. The van der Waals surface area contributed by atoms with Gasteiger partial charge in [-0.25, -0.2) is 0 Å².